The van der Waals surface area contributed by atoms with Crippen LogP contribution in [0, 0.1) is 35.5 Å². The molecule has 0 aromatic heterocycles. The first kappa shape index (κ1) is 17.1. The van der Waals surface area contributed by atoms with Crippen molar-refractivity contribution in [3.63, 3.8) is 0 Å². The summed E-state index contributed by atoms with van der Waals surface area (Å²) in [4.78, 5) is 1.42. The van der Waals surface area contributed by atoms with Crippen LogP contribution in [0.25, 0.3) is 0 Å². The number of thiocarbonyl (C=S) groups is 2. The fourth-order valence-corrected chi connectivity index (χ4v) is 1.19. The van der Waals surface area contributed by atoms with E-state index in [0.29, 0.717) is 9.73 Å². The normalized spacial score (nSPS) is 9.84. The first-order chi connectivity index (χ1) is 9.02. The average Bonchev–Trinajstić information content (AvgIpc) is 2.35. The maximum Gasteiger partial charge on any atom is 0.0392 e. The minimum Gasteiger partial charge on any atom is -0.0925 e. The number of rotatable bonds is 3. The largest absolute Gasteiger partial charge is 0.0925 e. The Morgan fingerprint density at radius 1 is 0.947 bits per heavy atom. The molecule has 0 heterocycles. The topological polar surface area (TPSA) is 0 Å². The Bertz CT molecular complexity index is 624. The maximum atomic E-state index is 5.14. The molecule has 0 fully saturated rings. The van der Waals surface area contributed by atoms with Crippen molar-refractivity contribution in [1.29, 1.82) is 0 Å². The van der Waals surface area contributed by atoms with E-state index >= 15 is 0 Å². The lowest BCUT2D eigenvalue weighted by Crippen LogP contribution is -1.93. The van der Waals surface area contributed by atoms with Gasteiger partial charge in [0.15, 0.2) is 0 Å². The van der Waals surface area contributed by atoms with Crippen molar-refractivity contribution >= 4 is 34.2 Å². The quantitative estimate of drug-likeness (QED) is 0.334. The molecule has 0 saturated carbocycles. The van der Waals surface area contributed by atoms with Crippen molar-refractivity contribution in [1.82, 2.24) is 0 Å². The van der Waals surface area contributed by atoms with Crippen LogP contribution in [0.3, 0.4) is 0 Å². The third-order valence-electron chi connectivity index (χ3n) is 1.87. The second kappa shape index (κ2) is 10.0. The fraction of sp³-hybridized carbons (Fsp3) is 0.176. The third kappa shape index (κ3) is 7.91. The van der Waals surface area contributed by atoms with Crippen LogP contribution in [-0.2, 0) is 0 Å². The highest BCUT2D eigenvalue weighted by Gasteiger charge is 1.96. The van der Waals surface area contributed by atoms with Gasteiger partial charge in [-0.05, 0) is 50.8 Å². The zero-order valence-corrected chi connectivity index (χ0v) is 12.9. The molecule has 0 atom stereocenters. The van der Waals surface area contributed by atoms with Crippen molar-refractivity contribution in [3.8, 4) is 35.5 Å². The zero-order valence-electron chi connectivity index (χ0n) is 11.3. The fourth-order valence-electron chi connectivity index (χ4n) is 0.951. The second-order valence-corrected chi connectivity index (χ2v) is 4.60. The number of hydrogen-bond donors (Lipinski definition) is 0. The molecular formula is C17H14S2. The third-order valence-corrected chi connectivity index (χ3v) is 2.31. The summed E-state index contributed by atoms with van der Waals surface area (Å²) in [5.74, 6) is 16.7. The molecule has 2 heteroatoms. The van der Waals surface area contributed by atoms with Gasteiger partial charge in [-0.25, -0.2) is 0 Å². The smallest absolute Gasteiger partial charge is 0.0392 e. The van der Waals surface area contributed by atoms with Crippen LogP contribution in [-0.4, -0.2) is 9.73 Å². The molecule has 0 aliphatic carbocycles. The highest BCUT2D eigenvalue weighted by atomic mass is 32.1. The van der Waals surface area contributed by atoms with E-state index in [1.54, 1.807) is 6.92 Å². The highest BCUT2D eigenvalue weighted by molar-refractivity contribution is 7.81. The van der Waals surface area contributed by atoms with Crippen molar-refractivity contribution in [2.75, 3.05) is 0 Å². The predicted octanol–water partition coefficient (Wildman–Crippen LogP) is 3.83. The van der Waals surface area contributed by atoms with Crippen LogP contribution in [0.15, 0.2) is 36.0 Å². The number of allylic oxidation sites excluding steroid dienone is 5. The van der Waals surface area contributed by atoms with Gasteiger partial charge in [0.1, 0.15) is 0 Å². The van der Waals surface area contributed by atoms with E-state index in [-0.39, 0.29) is 0 Å². The first-order valence-corrected chi connectivity index (χ1v) is 6.33. The van der Waals surface area contributed by atoms with Gasteiger partial charge in [-0.3, -0.25) is 0 Å². The highest BCUT2D eigenvalue weighted by Crippen LogP contribution is 2.03. The molecule has 0 amide bonds. The van der Waals surface area contributed by atoms with E-state index in [1.807, 2.05) is 26.0 Å². The summed E-state index contributed by atoms with van der Waals surface area (Å²) < 4.78 is 0. The van der Waals surface area contributed by atoms with E-state index in [1.165, 1.54) is 6.08 Å². The van der Waals surface area contributed by atoms with Crippen LogP contribution in [0.5, 0.6) is 0 Å². The molecule has 0 aromatic rings. The minimum absolute atomic E-state index is 0.708. The van der Waals surface area contributed by atoms with Gasteiger partial charge in [-0.15, -0.1) is 0 Å². The molecule has 0 saturated heterocycles. The molecule has 0 aliphatic rings. The molecule has 0 aliphatic heterocycles. The Balaban J connectivity index is 5.50. The molecule has 0 N–H and O–H groups in total. The van der Waals surface area contributed by atoms with Crippen molar-refractivity contribution < 1.29 is 0 Å². The average molecular weight is 282 g/mol. The van der Waals surface area contributed by atoms with Crippen LogP contribution in [0.1, 0.15) is 20.8 Å². The summed E-state index contributed by atoms with van der Waals surface area (Å²) in [6.07, 6.45) is 5.16. The molecule has 19 heavy (non-hydrogen) atoms. The Morgan fingerprint density at radius 3 is 1.89 bits per heavy atom. The van der Waals surface area contributed by atoms with Gasteiger partial charge in [0.2, 0.25) is 0 Å². The molecule has 0 aromatic carbocycles. The van der Waals surface area contributed by atoms with E-state index < -0.39 is 0 Å². The van der Waals surface area contributed by atoms with Crippen molar-refractivity contribution in [2.24, 2.45) is 0 Å². The number of hydrogen-bond acceptors (Lipinski definition) is 2. The lowest BCUT2D eigenvalue weighted by atomic mass is 10.1. The summed E-state index contributed by atoms with van der Waals surface area (Å²) in [6, 6.07) is 0. The molecule has 0 rings (SSSR count). The second-order valence-electron chi connectivity index (χ2n) is 3.37. The lowest BCUT2D eigenvalue weighted by molar-refractivity contribution is 1.77. The molecule has 0 unspecified atom stereocenters. The first-order valence-electron chi connectivity index (χ1n) is 5.52. The summed E-state index contributed by atoms with van der Waals surface area (Å²) in [6.45, 7) is 8.93. The van der Waals surface area contributed by atoms with E-state index in [2.05, 4.69) is 42.1 Å². The Hall–Kier alpha value is -1.92. The van der Waals surface area contributed by atoms with E-state index in [9.17, 15) is 0 Å². The predicted molar refractivity (Wildman–Crippen MR) is 91.9 cm³/mol. The van der Waals surface area contributed by atoms with Crippen LogP contribution >= 0.6 is 24.4 Å². The Morgan fingerprint density at radius 2 is 1.47 bits per heavy atom. The van der Waals surface area contributed by atoms with E-state index in [4.69, 9.17) is 24.4 Å². The van der Waals surface area contributed by atoms with Crippen molar-refractivity contribution in [3.05, 3.63) is 36.0 Å². The van der Waals surface area contributed by atoms with Gasteiger partial charge in [0, 0.05) is 20.9 Å². The van der Waals surface area contributed by atoms with Gasteiger partial charge in [-0.1, -0.05) is 54.7 Å². The molecule has 94 valence electrons. The molecule has 0 spiro atoms. The minimum atomic E-state index is 0.708. The van der Waals surface area contributed by atoms with E-state index in [0.717, 1.165) is 11.1 Å². The van der Waals surface area contributed by atoms with Crippen molar-refractivity contribution in [2.45, 2.75) is 20.8 Å². The van der Waals surface area contributed by atoms with Gasteiger partial charge in [0.05, 0.1) is 0 Å². The summed E-state index contributed by atoms with van der Waals surface area (Å²) in [5, 5.41) is 0. The summed E-state index contributed by atoms with van der Waals surface area (Å²) >= 11 is 10.3. The Labute approximate surface area is 126 Å². The molecule has 0 bridgehead atoms. The maximum absolute atomic E-state index is 5.14. The monoisotopic (exact) mass is 282 g/mol. The van der Waals surface area contributed by atoms with Gasteiger partial charge < -0.3 is 0 Å². The van der Waals surface area contributed by atoms with Gasteiger partial charge >= 0.3 is 0 Å². The molecule has 0 nitrogen and oxygen atoms in total. The SMILES string of the molecule is C=CC#CC(=CC=C(C#CC#CC)C(C)=S)C(C)=S. The van der Waals surface area contributed by atoms with Crippen LogP contribution < -0.4 is 0 Å². The zero-order chi connectivity index (χ0) is 14.7. The van der Waals surface area contributed by atoms with Crippen LogP contribution in [0.2, 0.25) is 0 Å². The Kier molecular flexibility index (Phi) is 9.03. The summed E-state index contributed by atoms with van der Waals surface area (Å²) in [7, 11) is 0. The summed E-state index contributed by atoms with van der Waals surface area (Å²) in [5.41, 5.74) is 1.50. The van der Waals surface area contributed by atoms with Gasteiger partial charge in [-0.2, -0.15) is 0 Å². The standard InChI is InChI=1S/C17H14S2/c1-5-7-9-11-17(15(4)19)13-12-16(14(3)18)10-8-6-2/h6,12-13H,2H2,1,3-4H3. The lowest BCUT2D eigenvalue weighted by Gasteiger charge is -1.95. The molecule has 0 radical (unpaired) electrons. The van der Waals surface area contributed by atoms with Gasteiger partial charge in [0.25, 0.3) is 0 Å². The molecular weight excluding hydrogens is 268 g/mol. The van der Waals surface area contributed by atoms with Crippen LogP contribution in [0.4, 0.5) is 0 Å².